The van der Waals surface area contributed by atoms with Gasteiger partial charge in [-0.15, -0.1) is 0 Å². The summed E-state index contributed by atoms with van der Waals surface area (Å²) in [5.74, 6) is 0. The van der Waals surface area contributed by atoms with Crippen molar-refractivity contribution >= 4 is 0 Å². The second-order valence-corrected chi connectivity index (χ2v) is 5.76. The molecule has 2 rings (SSSR count). The minimum Gasteiger partial charge on any atom is -0.358 e. The van der Waals surface area contributed by atoms with Crippen LogP contribution in [0.4, 0.5) is 0 Å². The van der Waals surface area contributed by atoms with Crippen LogP contribution in [0.2, 0.25) is 0 Å². The van der Waals surface area contributed by atoms with Gasteiger partial charge in [-0.05, 0) is 45.6 Å². The zero-order chi connectivity index (χ0) is 13.7. The van der Waals surface area contributed by atoms with Crippen LogP contribution in [-0.4, -0.2) is 43.2 Å². The molecule has 1 saturated heterocycles. The molecular weight excluding hydrogens is 236 g/mol. The molecule has 1 aliphatic carbocycles. The Kier molecular flexibility index (Phi) is 5.24. The Hall–Kier alpha value is -1.05. The fourth-order valence-corrected chi connectivity index (χ4v) is 3.23. The third-order valence-corrected chi connectivity index (χ3v) is 4.54. The molecule has 1 heterocycles. The molecule has 0 spiro atoms. The first kappa shape index (κ1) is 14.4. The Morgan fingerprint density at radius 2 is 1.95 bits per heavy atom. The number of hydrogen-bond acceptors (Lipinski definition) is 4. The summed E-state index contributed by atoms with van der Waals surface area (Å²) >= 11 is 0. The molecule has 1 saturated carbocycles. The fraction of sp³-hybridized carbons (Fsp3) is 0.800. The van der Waals surface area contributed by atoms with E-state index in [-0.39, 0.29) is 6.04 Å². The molecule has 0 radical (unpaired) electrons. The normalized spacial score (nSPS) is 31.2. The topological polar surface area (TPSA) is 51.1 Å². The summed E-state index contributed by atoms with van der Waals surface area (Å²) in [6, 6.07) is 3.74. The van der Waals surface area contributed by atoms with Crippen LogP contribution >= 0.6 is 0 Å². The van der Waals surface area contributed by atoms with E-state index in [1.807, 2.05) is 0 Å². The first-order valence-electron chi connectivity index (χ1n) is 7.49. The highest BCUT2D eigenvalue weighted by atomic mass is 15.2. The molecule has 2 aliphatic rings. The van der Waals surface area contributed by atoms with Gasteiger partial charge in [-0.1, -0.05) is 6.58 Å². The van der Waals surface area contributed by atoms with E-state index in [4.69, 9.17) is 5.26 Å². The Balaban J connectivity index is 1.71. The molecule has 4 heteroatoms. The van der Waals surface area contributed by atoms with E-state index in [1.165, 1.54) is 25.7 Å². The van der Waals surface area contributed by atoms with Crippen molar-refractivity contribution in [3.63, 3.8) is 0 Å². The van der Waals surface area contributed by atoms with Crippen molar-refractivity contribution < 1.29 is 0 Å². The summed E-state index contributed by atoms with van der Waals surface area (Å²) in [4.78, 5) is 2.17. The Morgan fingerprint density at radius 3 is 2.58 bits per heavy atom. The molecule has 0 amide bonds. The lowest BCUT2D eigenvalue weighted by Crippen LogP contribution is -2.41. The largest absolute Gasteiger partial charge is 0.358 e. The molecule has 19 heavy (non-hydrogen) atoms. The predicted octanol–water partition coefficient (Wildman–Crippen LogP) is 1.61. The van der Waals surface area contributed by atoms with Gasteiger partial charge in [0.15, 0.2) is 0 Å². The van der Waals surface area contributed by atoms with E-state index in [2.05, 4.69) is 35.2 Å². The van der Waals surface area contributed by atoms with Crippen molar-refractivity contribution in [3.8, 4) is 6.07 Å². The zero-order valence-electron chi connectivity index (χ0n) is 12.0. The molecule has 2 fully saturated rings. The maximum atomic E-state index is 9.10. The highest BCUT2D eigenvalue weighted by molar-refractivity contribution is 5.08. The Bertz CT molecular complexity index is 339. The van der Waals surface area contributed by atoms with E-state index in [9.17, 15) is 0 Å². The first-order chi connectivity index (χ1) is 9.24. The average molecular weight is 262 g/mol. The van der Waals surface area contributed by atoms with E-state index in [0.29, 0.717) is 12.1 Å². The van der Waals surface area contributed by atoms with Crippen LogP contribution in [0, 0.1) is 11.3 Å². The van der Waals surface area contributed by atoms with Crippen molar-refractivity contribution in [1.82, 2.24) is 15.5 Å². The molecule has 106 valence electrons. The van der Waals surface area contributed by atoms with Crippen LogP contribution in [0.15, 0.2) is 12.3 Å². The zero-order valence-corrected chi connectivity index (χ0v) is 12.0. The van der Waals surface area contributed by atoms with E-state index in [0.717, 1.165) is 31.6 Å². The van der Waals surface area contributed by atoms with Crippen molar-refractivity contribution in [2.45, 2.75) is 56.7 Å². The van der Waals surface area contributed by atoms with E-state index < -0.39 is 0 Å². The highest BCUT2D eigenvalue weighted by Gasteiger charge is 2.25. The van der Waals surface area contributed by atoms with Crippen LogP contribution in [-0.2, 0) is 0 Å². The van der Waals surface area contributed by atoms with Gasteiger partial charge in [0.05, 0.1) is 6.07 Å². The summed E-state index contributed by atoms with van der Waals surface area (Å²) in [5, 5.41) is 16.1. The number of nitrogens with one attached hydrogen (secondary N) is 2. The molecule has 1 aliphatic heterocycles. The van der Waals surface area contributed by atoms with Crippen molar-refractivity contribution in [1.29, 1.82) is 5.26 Å². The van der Waals surface area contributed by atoms with Gasteiger partial charge in [0.25, 0.3) is 0 Å². The van der Waals surface area contributed by atoms with Gasteiger partial charge >= 0.3 is 0 Å². The van der Waals surface area contributed by atoms with Crippen LogP contribution in [0.1, 0.15) is 38.5 Å². The molecule has 4 nitrogen and oxygen atoms in total. The molecular formula is C15H26N4. The summed E-state index contributed by atoms with van der Waals surface area (Å²) in [5.41, 5.74) is 1.08. The highest BCUT2D eigenvalue weighted by Crippen LogP contribution is 2.22. The van der Waals surface area contributed by atoms with Gasteiger partial charge < -0.3 is 15.5 Å². The monoisotopic (exact) mass is 262 g/mol. The van der Waals surface area contributed by atoms with Crippen molar-refractivity contribution in [2.24, 2.45) is 0 Å². The lowest BCUT2D eigenvalue weighted by molar-refractivity contribution is 0.306. The number of likely N-dealkylation sites (tertiary alicyclic amines) is 1. The maximum Gasteiger partial charge on any atom is 0.116 e. The van der Waals surface area contributed by atoms with Gasteiger partial charge in [0, 0.05) is 30.9 Å². The summed E-state index contributed by atoms with van der Waals surface area (Å²) in [6.07, 6.45) is 7.09. The standard InChI is InChI=1S/C15H26N4/c1-12(19-9-3-4-15(19)10-16)11-18-14-7-5-13(17-2)6-8-14/h13-15,17-18H,1,3-9,11H2,2H3/t13?,14?,15-/m0/s1. The molecule has 1 atom stereocenters. The molecule has 0 aromatic rings. The molecule has 2 N–H and O–H groups in total. The second-order valence-electron chi connectivity index (χ2n) is 5.76. The molecule has 0 aromatic heterocycles. The van der Waals surface area contributed by atoms with Gasteiger partial charge in [-0.3, -0.25) is 0 Å². The number of rotatable bonds is 5. The summed E-state index contributed by atoms with van der Waals surface area (Å²) < 4.78 is 0. The van der Waals surface area contributed by atoms with Crippen molar-refractivity contribution in [3.05, 3.63) is 12.3 Å². The minimum atomic E-state index is 0.0503. The van der Waals surface area contributed by atoms with E-state index >= 15 is 0 Å². The van der Waals surface area contributed by atoms with Crippen LogP contribution in [0.5, 0.6) is 0 Å². The molecule has 0 aromatic carbocycles. The average Bonchev–Trinajstić information content (AvgIpc) is 2.93. The second kappa shape index (κ2) is 6.93. The summed E-state index contributed by atoms with van der Waals surface area (Å²) in [6.45, 7) is 5.97. The van der Waals surface area contributed by atoms with Gasteiger partial charge in [0.2, 0.25) is 0 Å². The number of nitrogens with zero attached hydrogens (tertiary/aromatic N) is 2. The van der Waals surface area contributed by atoms with Gasteiger partial charge in [0.1, 0.15) is 6.04 Å². The molecule has 0 unspecified atom stereocenters. The minimum absolute atomic E-state index is 0.0503. The maximum absolute atomic E-state index is 9.10. The Morgan fingerprint density at radius 1 is 1.26 bits per heavy atom. The lowest BCUT2D eigenvalue weighted by Gasteiger charge is -2.31. The van der Waals surface area contributed by atoms with E-state index in [1.54, 1.807) is 0 Å². The lowest BCUT2D eigenvalue weighted by atomic mass is 9.91. The SMILES string of the molecule is C=C(CNC1CCC(NC)CC1)N1CCC[C@H]1C#N. The van der Waals surface area contributed by atoms with Crippen LogP contribution < -0.4 is 10.6 Å². The summed E-state index contributed by atoms with van der Waals surface area (Å²) in [7, 11) is 2.05. The smallest absolute Gasteiger partial charge is 0.116 e. The number of nitriles is 1. The number of hydrogen-bond donors (Lipinski definition) is 2. The Labute approximate surface area is 116 Å². The fourth-order valence-electron chi connectivity index (χ4n) is 3.23. The third kappa shape index (κ3) is 3.71. The van der Waals surface area contributed by atoms with Crippen LogP contribution in [0.3, 0.4) is 0 Å². The quantitative estimate of drug-likeness (QED) is 0.790. The van der Waals surface area contributed by atoms with Gasteiger partial charge in [-0.25, -0.2) is 0 Å². The predicted molar refractivity (Wildman–Crippen MR) is 77.6 cm³/mol. The van der Waals surface area contributed by atoms with Gasteiger partial charge in [-0.2, -0.15) is 5.26 Å². The van der Waals surface area contributed by atoms with Crippen molar-refractivity contribution in [2.75, 3.05) is 20.1 Å². The van der Waals surface area contributed by atoms with Crippen LogP contribution in [0.25, 0.3) is 0 Å². The molecule has 0 bridgehead atoms. The first-order valence-corrected chi connectivity index (χ1v) is 7.49. The third-order valence-electron chi connectivity index (χ3n) is 4.54.